The van der Waals surface area contributed by atoms with E-state index >= 15 is 0 Å². The number of carbonyl (C=O) groups excluding carboxylic acids is 1. The van der Waals surface area contributed by atoms with Crippen LogP contribution < -0.4 is 11.1 Å². The van der Waals surface area contributed by atoms with E-state index in [-0.39, 0.29) is 17.8 Å². The van der Waals surface area contributed by atoms with E-state index < -0.39 is 0 Å². The van der Waals surface area contributed by atoms with Crippen molar-refractivity contribution in [2.24, 2.45) is 17.6 Å². The van der Waals surface area contributed by atoms with E-state index in [0.29, 0.717) is 12.5 Å². The molecular formula is C11H17N3O2. The molecule has 2 atom stereocenters. The molecule has 0 aromatic carbocycles. The maximum atomic E-state index is 11.9. The molecular weight excluding hydrogens is 206 g/mol. The summed E-state index contributed by atoms with van der Waals surface area (Å²) in [4.78, 5) is 16.0. The highest BCUT2D eigenvalue weighted by atomic mass is 16.4. The number of aryl methyl sites for hydroxylation is 1. The summed E-state index contributed by atoms with van der Waals surface area (Å²) in [5.41, 5.74) is 6.40. The smallest absolute Gasteiger partial charge is 0.301 e. The Kier molecular flexibility index (Phi) is 3.24. The van der Waals surface area contributed by atoms with E-state index in [4.69, 9.17) is 10.2 Å². The van der Waals surface area contributed by atoms with E-state index in [1.54, 1.807) is 0 Å². The summed E-state index contributed by atoms with van der Waals surface area (Å²) < 4.78 is 5.09. The van der Waals surface area contributed by atoms with Crippen molar-refractivity contribution in [2.45, 2.75) is 26.2 Å². The average Bonchev–Trinajstić information content (AvgIpc) is 2.86. The number of anilines is 1. The first-order valence-corrected chi connectivity index (χ1v) is 5.63. The summed E-state index contributed by atoms with van der Waals surface area (Å²) >= 11 is 0. The van der Waals surface area contributed by atoms with Gasteiger partial charge in [-0.3, -0.25) is 10.1 Å². The van der Waals surface area contributed by atoms with Crippen LogP contribution in [0.25, 0.3) is 0 Å². The monoisotopic (exact) mass is 223 g/mol. The van der Waals surface area contributed by atoms with E-state index in [1.807, 2.05) is 6.92 Å². The molecule has 1 aromatic rings. The first-order valence-electron chi connectivity index (χ1n) is 5.63. The van der Waals surface area contributed by atoms with Crippen LogP contribution in [0.3, 0.4) is 0 Å². The number of nitrogens with one attached hydrogen (secondary N) is 1. The van der Waals surface area contributed by atoms with Crippen LogP contribution in [-0.4, -0.2) is 17.4 Å². The van der Waals surface area contributed by atoms with Gasteiger partial charge in [-0.2, -0.15) is 4.98 Å². The van der Waals surface area contributed by atoms with Gasteiger partial charge in [0.05, 0.1) is 5.69 Å². The van der Waals surface area contributed by atoms with Gasteiger partial charge in [0.2, 0.25) is 5.91 Å². The predicted molar refractivity (Wildman–Crippen MR) is 59.8 cm³/mol. The molecule has 1 aliphatic carbocycles. The molecule has 0 aliphatic heterocycles. The molecule has 0 saturated heterocycles. The van der Waals surface area contributed by atoms with Crippen LogP contribution in [0.15, 0.2) is 10.7 Å². The zero-order chi connectivity index (χ0) is 11.5. The third-order valence-electron chi connectivity index (χ3n) is 3.15. The highest BCUT2D eigenvalue weighted by molar-refractivity contribution is 5.91. The molecule has 1 heterocycles. The highest BCUT2D eigenvalue weighted by Gasteiger charge is 2.32. The van der Waals surface area contributed by atoms with Crippen molar-refractivity contribution in [3.05, 3.63) is 12.0 Å². The number of hydrogen-bond donors (Lipinski definition) is 2. The number of nitrogens with two attached hydrogens (primary N) is 1. The van der Waals surface area contributed by atoms with Crippen molar-refractivity contribution in [1.82, 2.24) is 4.98 Å². The zero-order valence-electron chi connectivity index (χ0n) is 9.40. The predicted octanol–water partition coefficient (Wildman–Crippen LogP) is 1.30. The summed E-state index contributed by atoms with van der Waals surface area (Å²) in [5.74, 6) is 0.295. The molecule has 2 unspecified atom stereocenters. The standard InChI is InChI=1S/C11H17N3O2/c1-7-6-16-11(13-7)14-10(15)9-4-2-3-8(9)5-12/h6,8-9H,2-5,12H2,1H3,(H,13,14,15). The van der Waals surface area contributed by atoms with Gasteiger partial charge in [0.1, 0.15) is 6.26 Å². The molecule has 88 valence electrons. The van der Waals surface area contributed by atoms with Gasteiger partial charge < -0.3 is 10.2 Å². The second kappa shape index (κ2) is 4.65. The molecule has 1 fully saturated rings. The molecule has 5 nitrogen and oxygen atoms in total. The van der Waals surface area contributed by atoms with E-state index in [1.165, 1.54) is 6.26 Å². The first kappa shape index (κ1) is 11.1. The maximum Gasteiger partial charge on any atom is 0.301 e. The molecule has 16 heavy (non-hydrogen) atoms. The molecule has 1 aliphatic rings. The normalized spacial score (nSPS) is 24.6. The fraction of sp³-hybridized carbons (Fsp3) is 0.636. The van der Waals surface area contributed by atoms with Gasteiger partial charge in [-0.05, 0) is 32.2 Å². The van der Waals surface area contributed by atoms with E-state index in [0.717, 1.165) is 25.0 Å². The number of carbonyl (C=O) groups is 1. The van der Waals surface area contributed by atoms with Gasteiger partial charge in [-0.1, -0.05) is 6.42 Å². The van der Waals surface area contributed by atoms with Crippen molar-refractivity contribution in [1.29, 1.82) is 0 Å². The summed E-state index contributed by atoms with van der Waals surface area (Å²) in [6.07, 6.45) is 4.54. The summed E-state index contributed by atoms with van der Waals surface area (Å²) in [5, 5.41) is 2.70. The topological polar surface area (TPSA) is 81.2 Å². The SMILES string of the molecule is Cc1coc(NC(=O)C2CCCC2CN)n1. The van der Waals surface area contributed by atoms with Crippen molar-refractivity contribution in [3.8, 4) is 0 Å². The Labute approximate surface area is 94.4 Å². The number of oxazole rings is 1. The zero-order valence-corrected chi connectivity index (χ0v) is 9.40. The minimum Gasteiger partial charge on any atom is -0.432 e. The Balaban J connectivity index is 1.97. The highest BCUT2D eigenvalue weighted by Crippen LogP contribution is 2.31. The average molecular weight is 223 g/mol. The fourth-order valence-corrected chi connectivity index (χ4v) is 2.27. The number of aromatic nitrogens is 1. The Bertz CT molecular complexity index is 375. The molecule has 1 saturated carbocycles. The third-order valence-corrected chi connectivity index (χ3v) is 3.15. The van der Waals surface area contributed by atoms with Gasteiger partial charge in [-0.15, -0.1) is 0 Å². The maximum absolute atomic E-state index is 11.9. The Morgan fingerprint density at radius 2 is 2.50 bits per heavy atom. The molecule has 1 amide bonds. The molecule has 1 aromatic heterocycles. The van der Waals surface area contributed by atoms with Crippen molar-refractivity contribution >= 4 is 11.9 Å². The Morgan fingerprint density at radius 3 is 3.12 bits per heavy atom. The summed E-state index contributed by atoms with van der Waals surface area (Å²) in [6.45, 7) is 2.39. The van der Waals surface area contributed by atoms with Crippen molar-refractivity contribution in [2.75, 3.05) is 11.9 Å². The van der Waals surface area contributed by atoms with Crippen LogP contribution in [0.5, 0.6) is 0 Å². The lowest BCUT2D eigenvalue weighted by molar-refractivity contribution is -0.120. The van der Waals surface area contributed by atoms with Crippen LogP contribution in [0.2, 0.25) is 0 Å². The van der Waals surface area contributed by atoms with Crippen LogP contribution in [0.1, 0.15) is 25.0 Å². The fourth-order valence-electron chi connectivity index (χ4n) is 2.27. The van der Waals surface area contributed by atoms with Crippen LogP contribution in [-0.2, 0) is 4.79 Å². The molecule has 0 spiro atoms. The Hall–Kier alpha value is -1.36. The molecule has 5 heteroatoms. The second-order valence-electron chi connectivity index (χ2n) is 4.32. The lowest BCUT2D eigenvalue weighted by atomic mass is 9.95. The van der Waals surface area contributed by atoms with Crippen LogP contribution in [0.4, 0.5) is 6.01 Å². The Morgan fingerprint density at radius 1 is 1.69 bits per heavy atom. The van der Waals surface area contributed by atoms with Gasteiger partial charge in [0.25, 0.3) is 0 Å². The molecule has 3 N–H and O–H groups in total. The van der Waals surface area contributed by atoms with Gasteiger partial charge >= 0.3 is 6.01 Å². The number of hydrogen-bond acceptors (Lipinski definition) is 4. The van der Waals surface area contributed by atoms with E-state index in [9.17, 15) is 4.79 Å². The van der Waals surface area contributed by atoms with E-state index in [2.05, 4.69) is 10.3 Å². The summed E-state index contributed by atoms with van der Waals surface area (Å²) in [6, 6.07) is 0.283. The molecule has 0 bridgehead atoms. The largest absolute Gasteiger partial charge is 0.432 e. The number of rotatable bonds is 3. The third kappa shape index (κ3) is 2.24. The first-order chi connectivity index (χ1) is 7.70. The second-order valence-corrected chi connectivity index (χ2v) is 4.32. The van der Waals surface area contributed by atoms with Crippen molar-refractivity contribution in [3.63, 3.8) is 0 Å². The quantitative estimate of drug-likeness (QED) is 0.809. The lowest BCUT2D eigenvalue weighted by Gasteiger charge is -2.15. The number of nitrogens with zero attached hydrogens (tertiary/aromatic N) is 1. The minimum absolute atomic E-state index is 0.0113. The minimum atomic E-state index is -0.0187. The summed E-state index contributed by atoms with van der Waals surface area (Å²) in [7, 11) is 0. The molecule has 2 rings (SSSR count). The van der Waals surface area contributed by atoms with Gasteiger partial charge in [0, 0.05) is 5.92 Å². The van der Waals surface area contributed by atoms with Gasteiger partial charge in [-0.25, -0.2) is 0 Å². The van der Waals surface area contributed by atoms with Crippen LogP contribution in [0, 0.1) is 18.8 Å². The van der Waals surface area contributed by atoms with Crippen LogP contribution >= 0.6 is 0 Å². The van der Waals surface area contributed by atoms with Crippen molar-refractivity contribution < 1.29 is 9.21 Å². The molecule has 0 radical (unpaired) electrons. The van der Waals surface area contributed by atoms with Gasteiger partial charge in [0.15, 0.2) is 0 Å². The number of amides is 1. The lowest BCUT2D eigenvalue weighted by Crippen LogP contribution is -2.29.